The molecule has 2 heterocycles. The van der Waals surface area contributed by atoms with E-state index in [2.05, 4.69) is 10.1 Å². The summed E-state index contributed by atoms with van der Waals surface area (Å²) in [6.45, 7) is 3.79. The molecule has 0 aliphatic rings. The van der Waals surface area contributed by atoms with E-state index in [1.54, 1.807) is 20.0 Å². The van der Waals surface area contributed by atoms with Gasteiger partial charge in [0.1, 0.15) is 5.82 Å². The minimum atomic E-state index is -4.39. The van der Waals surface area contributed by atoms with Crippen LogP contribution in [0.15, 0.2) is 53.8 Å². The van der Waals surface area contributed by atoms with Gasteiger partial charge in [-0.15, -0.1) is 0 Å². The van der Waals surface area contributed by atoms with Crippen molar-refractivity contribution in [3.8, 4) is 5.69 Å². The van der Waals surface area contributed by atoms with Crippen LogP contribution in [0.1, 0.15) is 23.0 Å². The minimum Gasteiger partial charge on any atom is -0.305 e. The van der Waals surface area contributed by atoms with Crippen molar-refractivity contribution in [1.82, 2.24) is 14.8 Å². The lowest BCUT2D eigenvalue weighted by Crippen LogP contribution is -2.30. The lowest BCUT2D eigenvalue weighted by Gasteiger charge is -2.20. The summed E-state index contributed by atoms with van der Waals surface area (Å²) in [5.74, 6) is -0.895. The quantitative estimate of drug-likeness (QED) is 0.428. The van der Waals surface area contributed by atoms with Gasteiger partial charge in [-0.2, -0.15) is 18.3 Å². The first-order valence-electron chi connectivity index (χ1n) is 8.53. The summed E-state index contributed by atoms with van der Waals surface area (Å²) in [6.07, 6.45) is 4.10. The second kappa shape index (κ2) is 8.24. The van der Waals surface area contributed by atoms with Crippen LogP contribution in [0.25, 0.3) is 5.69 Å². The Kier molecular flexibility index (Phi) is 5.92. The predicted molar refractivity (Wildman–Crippen MR) is 102 cm³/mol. The van der Waals surface area contributed by atoms with Crippen molar-refractivity contribution >= 4 is 23.4 Å². The molecule has 0 bridgehead atoms. The van der Waals surface area contributed by atoms with Crippen LogP contribution in [0.3, 0.4) is 0 Å². The Morgan fingerprint density at radius 1 is 1.21 bits per heavy atom. The molecule has 0 saturated carbocycles. The average Bonchev–Trinajstić information content (AvgIpc) is 3.03. The van der Waals surface area contributed by atoms with E-state index < -0.39 is 11.3 Å². The van der Waals surface area contributed by atoms with Crippen molar-refractivity contribution in [3.63, 3.8) is 0 Å². The molecular formula is C19H16F4N4OS. The maximum atomic E-state index is 13.4. The van der Waals surface area contributed by atoms with Gasteiger partial charge in [0.05, 0.1) is 35.7 Å². The van der Waals surface area contributed by atoms with E-state index in [0.29, 0.717) is 23.6 Å². The summed E-state index contributed by atoms with van der Waals surface area (Å²) in [5, 5.41) is 4.31. The first-order chi connectivity index (χ1) is 13.7. The summed E-state index contributed by atoms with van der Waals surface area (Å²) < 4.78 is 52.2. The van der Waals surface area contributed by atoms with E-state index in [4.69, 9.17) is 0 Å². The number of alkyl halides is 3. The SMILES string of the molecule is CCN(C(=O)c1ccc(SC(F)(F)F)cc1)c1cn(-c2cncc(F)c2)nc1C. The molecule has 3 aromatic rings. The van der Waals surface area contributed by atoms with Crippen LogP contribution in [0.5, 0.6) is 0 Å². The zero-order chi connectivity index (χ0) is 21.2. The van der Waals surface area contributed by atoms with Crippen molar-refractivity contribution in [2.45, 2.75) is 24.3 Å². The summed E-state index contributed by atoms with van der Waals surface area (Å²) in [7, 11) is 0. The zero-order valence-electron chi connectivity index (χ0n) is 15.4. The number of halogens is 4. The maximum Gasteiger partial charge on any atom is 0.446 e. The lowest BCUT2D eigenvalue weighted by molar-refractivity contribution is -0.0328. The molecule has 3 rings (SSSR count). The van der Waals surface area contributed by atoms with E-state index in [-0.39, 0.29) is 28.1 Å². The minimum absolute atomic E-state index is 0.000275. The van der Waals surface area contributed by atoms with Crippen molar-refractivity contribution in [1.29, 1.82) is 0 Å². The highest BCUT2D eigenvalue weighted by molar-refractivity contribution is 8.00. The molecule has 0 fully saturated rings. The van der Waals surface area contributed by atoms with Gasteiger partial charge in [-0.25, -0.2) is 9.07 Å². The Labute approximate surface area is 168 Å². The third kappa shape index (κ3) is 4.94. The molecule has 0 saturated heterocycles. The van der Waals surface area contributed by atoms with Crippen LogP contribution in [0, 0.1) is 12.7 Å². The summed E-state index contributed by atoms with van der Waals surface area (Å²) in [4.78, 5) is 18.2. The average molecular weight is 424 g/mol. The van der Waals surface area contributed by atoms with E-state index >= 15 is 0 Å². The van der Waals surface area contributed by atoms with Gasteiger partial charge < -0.3 is 4.90 Å². The molecular weight excluding hydrogens is 408 g/mol. The molecule has 0 N–H and O–H groups in total. The number of carbonyl (C=O) groups is 1. The summed E-state index contributed by atoms with van der Waals surface area (Å²) in [5.41, 5.74) is -2.70. The molecule has 0 unspecified atom stereocenters. The fourth-order valence-corrected chi connectivity index (χ4v) is 3.29. The predicted octanol–water partition coefficient (Wildman–Crippen LogP) is 4.99. The van der Waals surface area contributed by atoms with Crippen molar-refractivity contribution in [2.75, 3.05) is 11.4 Å². The van der Waals surface area contributed by atoms with Crippen LogP contribution in [-0.4, -0.2) is 32.7 Å². The molecule has 0 spiro atoms. The van der Waals surface area contributed by atoms with Crippen LogP contribution in [0.2, 0.25) is 0 Å². The standard InChI is InChI=1S/C19H16F4N4OS/c1-3-26(18(28)13-4-6-16(7-5-13)29-19(21,22)23)17-11-27(25-12(17)2)15-8-14(20)9-24-10-15/h4-11H,3H2,1-2H3. The zero-order valence-corrected chi connectivity index (χ0v) is 16.3. The second-order valence-electron chi connectivity index (χ2n) is 6.03. The van der Waals surface area contributed by atoms with Gasteiger partial charge in [0.25, 0.3) is 5.91 Å². The lowest BCUT2D eigenvalue weighted by atomic mass is 10.2. The number of anilines is 1. The molecule has 5 nitrogen and oxygen atoms in total. The maximum absolute atomic E-state index is 13.4. The van der Waals surface area contributed by atoms with Gasteiger partial charge in [0.15, 0.2) is 0 Å². The van der Waals surface area contributed by atoms with Gasteiger partial charge in [0.2, 0.25) is 0 Å². The van der Waals surface area contributed by atoms with Crippen LogP contribution in [0.4, 0.5) is 23.2 Å². The van der Waals surface area contributed by atoms with Crippen LogP contribution >= 0.6 is 11.8 Å². The van der Waals surface area contributed by atoms with Crippen LogP contribution < -0.4 is 4.90 Å². The van der Waals surface area contributed by atoms with E-state index in [1.165, 1.54) is 46.1 Å². The highest BCUT2D eigenvalue weighted by Gasteiger charge is 2.29. The number of rotatable bonds is 5. The molecule has 0 radical (unpaired) electrons. The van der Waals surface area contributed by atoms with Gasteiger partial charge in [-0.3, -0.25) is 9.78 Å². The van der Waals surface area contributed by atoms with Crippen molar-refractivity contribution in [3.05, 3.63) is 66.0 Å². The molecule has 2 aromatic heterocycles. The monoisotopic (exact) mass is 424 g/mol. The smallest absolute Gasteiger partial charge is 0.305 e. The number of aryl methyl sites for hydroxylation is 1. The number of thioether (sulfide) groups is 1. The van der Waals surface area contributed by atoms with E-state index in [0.717, 1.165) is 6.20 Å². The molecule has 0 aliphatic carbocycles. The number of benzene rings is 1. The highest BCUT2D eigenvalue weighted by atomic mass is 32.2. The Morgan fingerprint density at radius 2 is 1.90 bits per heavy atom. The Hall–Kier alpha value is -2.88. The Morgan fingerprint density at radius 3 is 2.48 bits per heavy atom. The second-order valence-corrected chi connectivity index (χ2v) is 7.17. The Bertz CT molecular complexity index is 1020. The van der Waals surface area contributed by atoms with Crippen LogP contribution in [-0.2, 0) is 0 Å². The first-order valence-corrected chi connectivity index (χ1v) is 9.34. The fraction of sp³-hybridized carbons (Fsp3) is 0.211. The molecule has 152 valence electrons. The molecule has 29 heavy (non-hydrogen) atoms. The fourth-order valence-electron chi connectivity index (χ4n) is 2.75. The number of aromatic nitrogens is 3. The molecule has 1 aromatic carbocycles. The van der Waals surface area contributed by atoms with Gasteiger partial charge in [-0.1, -0.05) is 0 Å². The number of amides is 1. The largest absolute Gasteiger partial charge is 0.446 e. The van der Waals surface area contributed by atoms with Gasteiger partial charge in [0, 0.05) is 23.1 Å². The number of nitrogens with zero attached hydrogens (tertiary/aromatic N) is 4. The summed E-state index contributed by atoms with van der Waals surface area (Å²) in [6, 6.07) is 6.49. The van der Waals surface area contributed by atoms with Crippen molar-refractivity contribution in [2.24, 2.45) is 0 Å². The third-order valence-corrected chi connectivity index (χ3v) is 4.75. The number of pyridine rings is 1. The normalized spacial score (nSPS) is 11.5. The molecule has 0 atom stereocenters. The van der Waals surface area contributed by atoms with E-state index in [1.807, 2.05) is 0 Å². The molecule has 0 aliphatic heterocycles. The summed E-state index contributed by atoms with van der Waals surface area (Å²) >= 11 is -0.239. The molecule has 10 heteroatoms. The number of hydrogen-bond donors (Lipinski definition) is 0. The third-order valence-electron chi connectivity index (χ3n) is 4.02. The Balaban J connectivity index is 1.87. The first kappa shape index (κ1) is 20.8. The number of hydrogen-bond acceptors (Lipinski definition) is 4. The number of carbonyl (C=O) groups excluding carboxylic acids is 1. The topological polar surface area (TPSA) is 51.0 Å². The van der Waals surface area contributed by atoms with E-state index in [9.17, 15) is 22.4 Å². The molecule has 1 amide bonds. The van der Waals surface area contributed by atoms with Gasteiger partial charge >= 0.3 is 5.51 Å². The highest BCUT2D eigenvalue weighted by Crippen LogP contribution is 2.36. The van der Waals surface area contributed by atoms with Gasteiger partial charge in [-0.05, 0) is 49.9 Å². The van der Waals surface area contributed by atoms with Crippen molar-refractivity contribution < 1.29 is 22.4 Å².